The van der Waals surface area contributed by atoms with Crippen LogP contribution in [0.5, 0.6) is 0 Å². The highest BCUT2D eigenvalue weighted by Gasteiger charge is 2.50. The Morgan fingerprint density at radius 3 is 2.47 bits per heavy atom. The maximum absolute atomic E-state index is 12.7. The van der Waals surface area contributed by atoms with Gasteiger partial charge in [0.2, 0.25) is 5.91 Å². The molecular weight excluding hydrogens is 240 g/mol. The number of carbonyl (C=O) groups is 1. The maximum atomic E-state index is 12.7. The van der Waals surface area contributed by atoms with E-state index < -0.39 is 0 Å². The van der Waals surface area contributed by atoms with Gasteiger partial charge >= 0.3 is 0 Å². The summed E-state index contributed by atoms with van der Waals surface area (Å²) in [6.07, 6.45) is 5.81. The Morgan fingerprint density at radius 2 is 1.89 bits per heavy atom. The first-order valence-electron chi connectivity index (χ1n) is 7.74. The minimum atomic E-state index is 0.123. The Labute approximate surface area is 115 Å². The van der Waals surface area contributed by atoms with Crippen molar-refractivity contribution < 1.29 is 9.53 Å². The van der Waals surface area contributed by atoms with Gasteiger partial charge in [0.25, 0.3) is 0 Å². The largest absolute Gasteiger partial charge is 0.384 e. The van der Waals surface area contributed by atoms with Gasteiger partial charge in [0, 0.05) is 32.8 Å². The molecule has 4 atom stereocenters. The highest BCUT2D eigenvalue weighted by molar-refractivity contribution is 5.80. The average molecular weight is 266 g/mol. The van der Waals surface area contributed by atoms with Gasteiger partial charge in [0.1, 0.15) is 0 Å². The lowest BCUT2D eigenvalue weighted by atomic mass is 9.83. The second kappa shape index (κ2) is 5.41. The predicted octanol–water partition coefficient (Wildman–Crippen LogP) is 1.24. The molecule has 0 spiro atoms. The molecule has 19 heavy (non-hydrogen) atoms. The molecule has 0 aromatic heterocycles. The molecule has 108 valence electrons. The van der Waals surface area contributed by atoms with Crippen LogP contribution >= 0.6 is 0 Å². The fourth-order valence-corrected chi connectivity index (χ4v) is 4.47. The molecule has 1 heterocycles. The molecule has 2 N–H and O–H groups in total. The molecule has 1 amide bonds. The third-order valence-corrected chi connectivity index (χ3v) is 5.59. The van der Waals surface area contributed by atoms with Crippen molar-refractivity contribution in [2.24, 2.45) is 29.4 Å². The van der Waals surface area contributed by atoms with Gasteiger partial charge in [-0.15, -0.1) is 0 Å². The number of methoxy groups -OCH3 is 1. The number of carbonyl (C=O) groups excluding carboxylic acids is 1. The molecule has 2 saturated carbocycles. The molecule has 1 saturated heterocycles. The van der Waals surface area contributed by atoms with Crippen LogP contribution in [0.2, 0.25) is 0 Å². The zero-order chi connectivity index (χ0) is 13.4. The molecule has 3 aliphatic rings. The molecule has 1 aliphatic heterocycles. The maximum Gasteiger partial charge on any atom is 0.227 e. The van der Waals surface area contributed by atoms with Gasteiger partial charge in [-0.25, -0.2) is 0 Å². The second-order valence-corrected chi connectivity index (χ2v) is 6.66. The summed E-state index contributed by atoms with van der Waals surface area (Å²) in [4.78, 5) is 14.7. The van der Waals surface area contributed by atoms with Gasteiger partial charge in [-0.2, -0.15) is 0 Å². The molecule has 0 radical (unpaired) electrons. The van der Waals surface area contributed by atoms with Crippen molar-refractivity contribution in [1.82, 2.24) is 4.90 Å². The van der Waals surface area contributed by atoms with E-state index >= 15 is 0 Å². The Morgan fingerprint density at radius 1 is 1.21 bits per heavy atom. The van der Waals surface area contributed by atoms with Gasteiger partial charge in [-0.05, 0) is 49.9 Å². The van der Waals surface area contributed by atoms with Crippen LogP contribution in [-0.2, 0) is 9.53 Å². The van der Waals surface area contributed by atoms with Crippen molar-refractivity contribution in [2.75, 3.05) is 26.8 Å². The predicted molar refractivity (Wildman–Crippen MR) is 73.5 cm³/mol. The average Bonchev–Trinajstić information content (AvgIpc) is 3.00. The first kappa shape index (κ1) is 13.4. The van der Waals surface area contributed by atoms with E-state index in [1.54, 1.807) is 7.11 Å². The van der Waals surface area contributed by atoms with Crippen LogP contribution in [-0.4, -0.2) is 43.7 Å². The molecule has 3 rings (SSSR count). The number of hydrogen-bond acceptors (Lipinski definition) is 3. The molecule has 4 nitrogen and oxygen atoms in total. The zero-order valence-corrected chi connectivity index (χ0v) is 11.9. The fraction of sp³-hybridized carbons (Fsp3) is 0.933. The Hall–Kier alpha value is -0.610. The topological polar surface area (TPSA) is 55.6 Å². The van der Waals surface area contributed by atoms with E-state index in [2.05, 4.69) is 4.90 Å². The number of nitrogens with zero attached hydrogens (tertiary/aromatic N) is 1. The quantitative estimate of drug-likeness (QED) is 0.836. The van der Waals surface area contributed by atoms with Gasteiger partial charge in [0.15, 0.2) is 0 Å². The third-order valence-electron chi connectivity index (χ3n) is 5.59. The number of piperidine rings is 1. The Kier molecular flexibility index (Phi) is 3.81. The van der Waals surface area contributed by atoms with Crippen LogP contribution in [0.15, 0.2) is 0 Å². The third kappa shape index (κ3) is 2.40. The standard InChI is InChI=1S/C15H26N2O2/c1-19-9-10-4-6-17(7-5-10)15(18)13-11-2-3-12(8-11)14(13)16/h10-14H,2-9,16H2,1H3. The SMILES string of the molecule is COCC1CCN(C(=O)C2C3CCC(C3)C2N)CC1. The van der Waals surface area contributed by atoms with Crippen LogP contribution in [0.25, 0.3) is 0 Å². The monoisotopic (exact) mass is 266 g/mol. The summed E-state index contributed by atoms with van der Waals surface area (Å²) in [5, 5.41) is 0. The summed E-state index contributed by atoms with van der Waals surface area (Å²) in [5.41, 5.74) is 6.28. The second-order valence-electron chi connectivity index (χ2n) is 6.66. The Balaban J connectivity index is 1.57. The first-order chi connectivity index (χ1) is 9.20. The minimum Gasteiger partial charge on any atom is -0.384 e. The Bertz CT molecular complexity index is 337. The lowest BCUT2D eigenvalue weighted by molar-refractivity contribution is -0.139. The molecule has 2 bridgehead atoms. The van der Waals surface area contributed by atoms with Crippen LogP contribution in [0, 0.1) is 23.7 Å². The van der Waals surface area contributed by atoms with Crippen molar-refractivity contribution in [3.8, 4) is 0 Å². The number of fused-ring (bicyclic) bond motifs is 2. The van der Waals surface area contributed by atoms with Crippen LogP contribution in [0.4, 0.5) is 0 Å². The van der Waals surface area contributed by atoms with Crippen molar-refractivity contribution in [2.45, 2.75) is 38.1 Å². The van der Waals surface area contributed by atoms with Gasteiger partial charge in [-0.1, -0.05) is 0 Å². The highest BCUT2D eigenvalue weighted by atomic mass is 16.5. The molecular formula is C15H26N2O2. The van der Waals surface area contributed by atoms with Crippen LogP contribution in [0.3, 0.4) is 0 Å². The van der Waals surface area contributed by atoms with Crippen LogP contribution in [0.1, 0.15) is 32.1 Å². The number of likely N-dealkylation sites (tertiary alicyclic amines) is 1. The molecule has 4 unspecified atom stereocenters. The lowest BCUT2D eigenvalue weighted by Gasteiger charge is -2.36. The number of hydrogen-bond donors (Lipinski definition) is 1. The molecule has 0 aromatic rings. The minimum absolute atomic E-state index is 0.123. The summed E-state index contributed by atoms with van der Waals surface area (Å²) in [7, 11) is 1.76. The number of rotatable bonds is 3. The summed E-state index contributed by atoms with van der Waals surface area (Å²) in [6.45, 7) is 2.62. The van der Waals surface area contributed by atoms with E-state index in [0.29, 0.717) is 23.7 Å². The van der Waals surface area contributed by atoms with Crippen molar-refractivity contribution in [1.29, 1.82) is 0 Å². The fourth-order valence-electron chi connectivity index (χ4n) is 4.47. The van der Waals surface area contributed by atoms with E-state index in [1.807, 2.05) is 0 Å². The molecule has 0 aromatic carbocycles. The molecule has 2 aliphatic carbocycles. The normalized spacial score (nSPS) is 38.9. The smallest absolute Gasteiger partial charge is 0.227 e. The van der Waals surface area contributed by atoms with Crippen LogP contribution < -0.4 is 5.73 Å². The lowest BCUT2D eigenvalue weighted by Crippen LogP contribution is -2.49. The summed E-state index contributed by atoms with van der Waals surface area (Å²) < 4.78 is 5.21. The van der Waals surface area contributed by atoms with E-state index in [1.165, 1.54) is 19.3 Å². The van der Waals surface area contributed by atoms with Crippen molar-refractivity contribution in [3.05, 3.63) is 0 Å². The molecule has 3 fully saturated rings. The van der Waals surface area contributed by atoms with Gasteiger partial charge in [0.05, 0.1) is 5.92 Å². The van der Waals surface area contributed by atoms with Crippen molar-refractivity contribution >= 4 is 5.91 Å². The first-order valence-corrected chi connectivity index (χ1v) is 7.74. The number of ether oxygens (including phenoxy) is 1. The number of amides is 1. The van der Waals surface area contributed by atoms with Crippen molar-refractivity contribution in [3.63, 3.8) is 0 Å². The number of nitrogens with two attached hydrogens (primary N) is 1. The van der Waals surface area contributed by atoms with E-state index in [9.17, 15) is 4.79 Å². The summed E-state index contributed by atoms with van der Waals surface area (Å²) in [6, 6.07) is 0.128. The van der Waals surface area contributed by atoms with Gasteiger partial charge < -0.3 is 15.4 Å². The summed E-state index contributed by atoms with van der Waals surface area (Å²) >= 11 is 0. The van der Waals surface area contributed by atoms with Gasteiger partial charge in [-0.3, -0.25) is 4.79 Å². The molecule has 4 heteroatoms. The highest BCUT2D eigenvalue weighted by Crippen LogP contribution is 2.48. The zero-order valence-electron chi connectivity index (χ0n) is 11.9. The van der Waals surface area contributed by atoms with E-state index in [4.69, 9.17) is 10.5 Å². The summed E-state index contributed by atoms with van der Waals surface area (Å²) in [5.74, 6) is 2.28. The van der Waals surface area contributed by atoms with E-state index in [0.717, 1.165) is 32.5 Å². The van der Waals surface area contributed by atoms with E-state index in [-0.39, 0.29) is 12.0 Å².